The summed E-state index contributed by atoms with van der Waals surface area (Å²) in [6.45, 7) is 7.63. The van der Waals surface area contributed by atoms with Crippen molar-refractivity contribution in [1.82, 2.24) is 20.0 Å². The lowest BCUT2D eigenvalue weighted by atomic mass is 9.78. The van der Waals surface area contributed by atoms with Gasteiger partial charge in [-0.2, -0.15) is 10.4 Å². The Morgan fingerprint density at radius 2 is 1.88 bits per heavy atom. The second-order valence-corrected chi connectivity index (χ2v) is 11.6. The quantitative estimate of drug-likeness (QED) is 0.441. The van der Waals surface area contributed by atoms with Gasteiger partial charge in [0.25, 0.3) is 5.91 Å². The molecule has 0 saturated carbocycles. The highest BCUT2D eigenvalue weighted by atomic mass is 19.1. The predicted octanol–water partition coefficient (Wildman–Crippen LogP) is 4.20. The van der Waals surface area contributed by atoms with Crippen molar-refractivity contribution in [3.63, 3.8) is 0 Å². The van der Waals surface area contributed by atoms with Crippen molar-refractivity contribution in [2.75, 3.05) is 12.4 Å². The van der Waals surface area contributed by atoms with Gasteiger partial charge in [0.05, 0.1) is 28.9 Å². The number of halogens is 1. The number of nitrogens with zero attached hydrogens (tertiary/aromatic N) is 4. The van der Waals surface area contributed by atoms with Crippen LogP contribution in [0.5, 0.6) is 0 Å². The molecule has 2 aromatic carbocycles. The maximum Gasteiger partial charge on any atom is 0.255 e. The summed E-state index contributed by atoms with van der Waals surface area (Å²) in [7, 11) is 1.52. The third kappa shape index (κ3) is 5.88. The van der Waals surface area contributed by atoms with Crippen LogP contribution in [0, 0.1) is 22.6 Å². The van der Waals surface area contributed by atoms with E-state index >= 15 is 0 Å². The first kappa shape index (κ1) is 28.5. The van der Waals surface area contributed by atoms with Gasteiger partial charge in [-0.15, -0.1) is 0 Å². The summed E-state index contributed by atoms with van der Waals surface area (Å²) >= 11 is 0. The van der Waals surface area contributed by atoms with Gasteiger partial charge in [-0.3, -0.25) is 14.4 Å². The van der Waals surface area contributed by atoms with Crippen molar-refractivity contribution in [1.29, 1.82) is 5.26 Å². The summed E-state index contributed by atoms with van der Waals surface area (Å²) in [4.78, 5) is 41.2. The lowest BCUT2D eigenvalue weighted by molar-refractivity contribution is -0.134. The van der Waals surface area contributed by atoms with Gasteiger partial charge in [0, 0.05) is 18.9 Å². The molecule has 9 nitrogen and oxygen atoms in total. The average molecular weight is 545 g/mol. The fraction of sp³-hybridized carbons (Fsp3) is 0.367. The number of amides is 3. The number of nitriles is 1. The number of nitrogens with one attached hydrogen (secondary N) is 2. The Morgan fingerprint density at radius 1 is 1.20 bits per heavy atom. The molecule has 3 amide bonds. The third-order valence-electron chi connectivity index (χ3n) is 7.19. The fourth-order valence-corrected chi connectivity index (χ4v) is 4.94. The lowest BCUT2D eigenvalue weighted by Gasteiger charge is -2.34. The number of benzene rings is 2. The van der Waals surface area contributed by atoms with E-state index in [2.05, 4.69) is 21.8 Å². The summed E-state index contributed by atoms with van der Waals surface area (Å²) < 4.78 is 14.7. The topological polar surface area (TPSA) is 120 Å². The molecule has 0 saturated heterocycles. The summed E-state index contributed by atoms with van der Waals surface area (Å²) in [5.74, 6) is -1.55. The van der Waals surface area contributed by atoms with Gasteiger partial charge >= 0.3 is 0 Å². The van der Waals surface area contributed by atoms with E-state index in [1.807, 2.05) is 45.0 Å². The van der Waals surface area contributed by atoms with E-state index < -0.39 is 29.3 Å². The molecule has 0 unspecified atom stereocenters. The zero-order chi connectivity index (χ0) is 29.2. The molecule has 40 heavy (non-hydrogen) atoms. The van der Waals surface area contributed by atoms with Gasteiger partial charge in [-0.1, -0.05) is 39.0 Å². The first-order valence-corrected chi connectivity index (χ1v) is 13.0. The number of para-hydroxylation sites is 1. The Hall–Kier alpha value is -4.52. The van der Waals surface area contributed by atoms with E-state index in [-0.39, 0.29) is 29.1 Å². The standard InChI is InChI=1S/C30H33FN6O3/c1-29(2,3)15-25(34-26(38)19-17-33-37(18-19)21-12-10-20(31)11-13-21)27(39)36(5)22(16-32)14-30(4)23-8-6-7-9-24(23)35-28(30)40/h6-13,17-18,22,25H,14-15H2,1-5H3,(H,34,38)(H,35,40)/t22-,25-,30+/m0/s1. The monoisotopic (exact) mass is 544 g/mol. The van der Waals surface area contributed by atoms with E-state index in [9.17, 15) is 24.0 Å². The zero-order valence-corrected chi connectivity index (χ0v) is 23.2. The molecular formula is C30H33FN6O3. The number of hydrogen-bond donors (Lipinski definition) is 2. The molecule has 3 atom stereocenters. The van der Waals surface area contributed by atoms with Crippen LogP contribution in [0.3, 0.4) is 0 Å². The summed E-state index contributed by atoms with van der Waals surface area (Å²) in [6, 6.07) is 13.3. The molecule has 10 heteroatoms. The Labute approximate surface area is 233 Å². The first-order valence-electron chi connectivity index (χ1n) is 13.0. The van der Waals surface area contributed by atoms with Gasteiger partial charge in [0.15, 0.2) is 0 Å². The molecule has 0 spiro atoms. The molecule has 0 fully saturated rings. The predicted molar refractivity (Wildman–Crippen MR) is 148 cm³/mol. The number of hydrogen-bond acceptors (Lipinski definition) is 5. The van der Waals surface area contributed by atoms with E-state index in [1.165, 1.54) is 53.3 Å². The number of likely N-dealkylation sites (N-methyl/N-ethyl adjacent to an activating group) is 1. The van der Waals surface area contributed by atoms with Crippen LogP contribution in [-0.4, -0.2) is 51.5 Å². The van der Waals surface area contributed by atoms with E-state index in [1.54, 1.807) is 6.92 Å². The minimum absolute atomic E-state index is 0.0925. The molecule has 4 rings (SSSR count). The number of anilines is 1. The minimum Gasteiger partial charge on any atom is -0.340 e. The SMILES string of the molecule is CN(C(=O)[C@H](CC(C)(C)C)NC(=O)c1cnn(-c2ccc(F)cc2)c1)[C@H](C#N)C[C@@]1(C)C(=O)Nc2ccccc21. The van der Waals surface area contributed by atoms with Crippen LogP contribution in [0.4, 0.5) is 10.1 Å². The van der Waals surface area contributed by atoms with Crippen LogP contribution < -0.4 is 10.6 Å². The molecule has 1 aliphatic heterocycles. The minimum atomic E-state index is -0.997. The number of fused-ring (bicyclic) bond motifs is 1. The maximum atomic E-state index is 13.8. The molecule has 1 aliphatic rings. The zero-order valence-electron chi connectivity index (χ0n) is 23.2. The molecular weight excluding hydrogens is 511 g/mol. The fourth-order valence-electron chi connectivity index (χ4n) is 4.94. The Morgan fingerprint density at radius 3 is 2.52 bits per heavy atom. The summed E-state index contributed by atoms with van der Waals surface area (Å²) in [5, 5.41) is 19.9. The van der Waals surface area contributed by atoms with Crippen molar-refractivity contribution in [3.05, 3.63) is 77.9 Å². The molecule has 3 aromatic rings. The van der Waals surface area contributed by atoms with E-state index in [0.717, 1.165) is 5.56 Å². The molecule has 1 aromatic heterocycles. The largest absolute Gasteiger partial charge is 0.340 e. The average Bonchev–Trinajstić information content (AvgIpc) is 3.49. The Balaban J connectivity index is 1.53. The van der Waals surface area contributed by atoms with E-state index in [0.29, 0.717) is 17.8 Å². The molecule has 2 N–H and O–H groups in total. The lowest BCUT2D eigenvalue weighted by Crippen LogP contribution is -2.52. The normalized spacial score (nSPS) is 17.8. The second-order valence-electron chi connectivity index (χ2n) is 11.6. The molecule has 0 radical (unpaired) electrons. The number of rotatable bonds is 8. The first-order chi connectivity index (χ1) is 18.8. The Bertz CT molecular complexity index is 1470. The van der Waals surface area contributed by atoms with Crippen LogP contribution in [0.1, 0.15) is 56.5 Å². The molecule has 0 bridgehead atoms. The number of carbonyl (C=O) groups excluding carboxylic acids is 3. The van der Waals surface area contributed by atoms with Crippen LogP contribution >= 0.6 is 0 Å². The van der Waals surface area contributed by atoms with Crippen LogP contribution in [0.2, 0.25) is 0 Å². The highest BCUT2D eigenvalue weighted by Crippen LogP contribution is 2.41. The summed E-state index contributed by atoms with van der Waals surface area (Å²) in [6.07, 6.45) is 3.28. The molecule has 0 aliphatic carbocycles. The maximum absolute atomic E-state index is 13.8. The van der Waals surface area contributed by atoms with Crippen molar-refractivity contribution in [2.45, 2.75) is 58.0 Å². The smallest absolute Gasteiger partial charge is 0.255 e. The highest BCUT2D eigenvalue weighted by Gasteiger charge is 2.45. The van der Waals surface area contributed by atoms with Gasteiger partial charge in [-0.25, -0.2) is 9.07 Å². The van der Waals surface area contributed by atoms with Gasteiger partial charge in [0.2, 0.25) is 11.8 Å². The van der Waals surface area contributed by atoms with Gasteiger partial charge < -0.3 is 15.5 Å². The van der Waals surface area contributed by atoms with Gasteiger partial charge in [0.1, 0.15) is 17.9 Å². The van der Waals surface area contributed by atoms with Crippen molar-refractivity contribution >= 4 is 23.4 Å². The van der Waals surface area contributed by atoms with Crippen LogP contribution in [-0.2, 0) is 15.0 Å². The van der Waals surface area contributed by atoms with E-state index in [4.69, 9.17) is 0 Å². The number of carbonyl (C=O) groups is 3. The van der Waals surface area contributed by atoms with Gasteiger partial charge in [-0.05, 0) is 61.1 Å². The van der Waals surface area contributed by atoms with Crippen molar-refractivity contribution in [2.24, 2.45) is 5.41 Å². The van der Waals surface area contributed by atoms with Crippen LogP contribution in [0.25, 0.3) is 5.69 Å². The number of aromatic nitrogens is 2. The second kappa shape index (κ2) is 10.9. The van der Waals surface area contributed by atoms with Crippen molar-refractivity contribution < 1.29 is 18.8 Å². The molecule has 2 heterocycles. The van der Waals surface area contributed by atoms with Crippen LogP contribution in [0.15, 0.2) is 60.9 Å². The third-order valence-corrected chi connectivity index (χ3v) is 7.19. The molecule has 208 valence electrons. The highest BCUT2D eigenvalue weighted by molar-refractivity contribution is 6.06. The summed E-state index contributed by atoms with van der Waals surface area (Å²) in [5.41, 5.74) is 0.945. The van der Waals surface area contributed by atoms with Crippen molar-refractivity contribution in [3.8, 4) is 11.8 Å². The Kier molecular flexibility index (Phi) is 7.78.